The van der Waals surface area contributed by atoms with Gasteiger partial charge in [-0.1, -0.05) is 42.2 Å². The summed E-state index contributed by atoms with van der Waals surface area (Å²) in [5.41, 5.74) is 3.39. The average Bonchev–Trinajstić information content (AvgIpc) is 2.57. The normalized spacial score (nSPS) is 16.0. The predicted molar refractivity (Wildman–Crippen MR) is 89.4 cm³/mol. The summed E-state index contributed by atoms with van der Waals surface area (Å²) in [5, 5.41) is 9.54. The molecule has 1 fully saturated rings. The van der Waals surface area contributed by atoms with Crippen molar-refractivity contribution in [3.05, 3.63) is 71.3 Å². The van der Waals surface area contributed by atoms with Crippen LogP contribution in [0, 0.1) is 11.8 Å². The number of piperidine rings is 1. The molecule has 2 nitrogen and oxygen atoms in total. The van der Waals surface area contributed by atoms with Gasteiger partial charge < -0.3 is 5.11 Å². The van der Waals surface area contributed by atoms with Gasteiger partial charge in [0.05, 0.1) is 6.10 Å². The van der Waals surface area contributed by atoms with Crippen LogP contribution in [-0.4, -0.2) is 29.2 Å². The fourth-order valence-corrected chi connectivity index (χ4v) is 2.69. The Hall–Kier alpha value is -2.08. The molecule has 0 amide bonds. The number of aliphatic hydroxyl groups excluding tert-OH is 1. The molecule has 1 heterocycles. The van der Waals surface area contributed by atoms with Crippen LogP contribution in [0.3, 0.4) is 0 Å². The van der Waals surface area contributed by atoms with E-state index in [1.807, 2.05) is 30.3 Å². The third kappa shape index (κ3) is 4.21. The average molecular weight is 291 g/mol. The summed E-state index contributed by atoms with van der Waals surface area (Å²) < 4.78 is 0. The molecule has 0 saturated carbocycles. The van der Waals surface area contributed by atoms with Gasteiger partial charge in [-0.3, -0.25) is 4.90 Å². The Labute approximate surface area is 132 Å². The number of hydrogen-bond donors (Lipinski definition) is 1. The highest BCUT2D eigenvalue weighted by Gasteiger charge is 2.16. The van der Waals surface area contributed by atoms with Gasteiger partial charge in [0.2, 0.25) is 0 Å². The SMILES string of the molecule is OC1CCN(Cc2ccc(C#Cc3ccccc3)cc2)CC1. The van der Waals surface area contributed by atoms with Crippen LogP contribution in [0.25, 0.3) is 0 Å². The van der Waals surface area contributed by atoms with Crippen molar-refractivity contribution in [1.29, 1.82) is 0 Å². The van der Waals surface area contributed by atoms with Crippen molar-refractivity contribution < 1.29 is 5.11 Å². The lowest BCUT2D eigenvalue weighted by molar-refractivity contribution is 0.0792. The first-order chi connectivity index (χ1) is 10.8. The lowest BCUT2D eigenvalue weighted by Crippen LogP contribution is -2.35. The molecule has 1 N–H and O–H groups in total. The summed E-state index contributed by atoms with van der Waals surface area (Å²) in [6.45, 7) is 2.92. The Morgan fingerprint density at radius 3 is 2.09 bits per heavy atom. The number of aliphatic hydroxyl groups is 1. The largest absolute Gasteiger partial charge is 0.393 e. The van der Waals surface area contributed by atoms with Crippen molar-refractivity contribution in [2.45, 2.75) is 25.5 Å². The van der Waals surface area contributed by atoms with Crippen molar-refractivity contribution >= 4 is 0 Å². The number of likely N-dealkylation sites (tertiary alicyclic amines) is 1. The number of hydrogen-bond acceptors (Lipinski definition) is 2. The first kappa shape index (κ1) is 14.8. The van der Waals surface area contributed by atoms with E-state index < -0.39 is 0 Å². The highest BCUT2D eigenvalue weighted by Crippen LogP contribution is 2.14. The smallest absolute Gasteiger partial charge is 0.0564 e. The molecular weight excluding hydrogens is 270 g/mol. The molecule has 3 rings (SSSR count). The maximum absolute atomic E-state index is 9.54. The topological polar surface area (TPSA) is 23.5 Å². The zero-order valence-corrected chi connectivity index (χ0v) is 12.7. The number of benzene rings is 2. The van der Waals surface area contributed by atoms with Gasteiger partial charge >= 0.3 is 0 Å². The maximum Gasteiger partial charge on any atom is 0.0564 e. The van der Waals surface area contributed by atoms with E-state index in [9.17, 15) is 5.11 Å². The van der Waals surface area contributed by atoms with Crippen LogP contribution >= 0.6 is 0 Å². The molecule has 112 valence electrons. The van der Waals surface area contributed by atoms with E-state index in [2.05, 4.69) is 41.0 Å². The van der Waals surface area contributed by atoms with Crippen molar-refractivity contribution in [1.82, 2.24) is 4.90 Å². The molecule has 2 aromatic carbocycles. The second-order valence-electron chi connectivity index (χ2n) is 5.82. The van der Waals surface area contributed by atoms with Crippen LogP contribution in [-0.2, 0) is 6.54 Å². The fraction of sp³-hybridized carbons (Fsp3) is 0.300. The zero-order valence-electron chi connectivity index (χ0n) is 12.7. The van der Waals surface area contributed by atoms with Crippen LogP contribution in [0.2, 0.25) is 0 Å². The Morgan fingerprint density at radius 2 is 1.45 bits per heavy atom. The van der Waals surface area contributed by atoms with E-state index in [-0.39, 0.29) is 6.10 Å². The first-order valence-corrected chi connectivity index (χ1v) is 7.86. The highest BCUT2D eigenvalue weighted by molar-refractivity contribution is 5.43. The van der Waals surface area contributed by atoms with E-state index in [4.69, 9.17) is 0 Å². The van der Waals surface area contributed by atoms with Crippen LogP contribution in [0.5, 0.6) is 0 Å². The Bertz CT molecular complexity index is 644. The molecular formula is C20H21NO. The second-order valence-corrected chi connectivity index (χ2v) is 5.82. The molecule has 22 heavy (non-hydrogen) atoms. The molecule has 1 aliphatic heterocycles. The summed E-state index contributed by atoms with van der Waals surface area (Å²) >= 11 is 0. The first-order valence-electron chi connectivity index (χ1n) is 7.86. The van der Waals surface area contributed by atoms with E-state index in [1.54, 1.807) is 0 Å². The molecule has 2 heteroatoms. The number of nitrogens with zero attached hydrogens (tertiary/aromatic N) is 1. The monoisotopic (exact) mass is 291 g/mol. The van der Waals surface area contributed by atoms with Gasteiger partial charge in [0.1, 0.15) is 0 Å². The van der Waals surface area contributed by atoms with Crippen LogP contribution in [0.1, 0.15) is 29.5 Å². The quantitative estimate of drug-likeness (QED) is 0.860. The Morgan fingerprint density at radius 1 is 0.864 bits per heavy atom. The minimum Gasteiger partial charge on any atom is -0.393 e. The molecule has 0 aromatic heterocycles. The molecule has 0 unspecified atom stereocenters. The molecule has 0 atom stereocenters. The minimum atomic E-state index is -0.105. The molecule has 0 radical (unpaired) electrons. The van der Waals surface area contributed by atoms with Gasteiger partial charge in [-0.05, 0) is 42.7 Å². The minimum absolute atomic E-state index is 0.105. The van der Waals surface area contributed by atoms with Gasteiger partial charge in [-0.25, -0.2) is 0 Å². The molecule has 1 aliphatic rings. The standard InChI is InChI=1S/C20H21NO/c22-20-12-14-21(15-13-20)16-19-10-8-18(9-11-19)7-6-17-4-2-1-3-5-17/h1-5,8-11,20,22H,12-16H2. The van der Waals surface area contributed by atoms with E-state index >= 15 is 0 Å². The van der Waals surface area contributed by atoms with E-state index in [0.717, 1.165) is 43.6 Å². The summed E-state index contributed by atoms with van der Waals surface area (Å²) in [6.07, 6.45) is 1.67. The molecule has 0 bridgehead atoms. The third-order valence-electron chi connectivity index (χ3n) is 4.04. The van der Waals surface area contributed by atoms with Crippen LogP contribution in [0.15, 0.2) is 54.6 Å². The number of rotatable bonds is 2. The van der Waals surface area contributed by atoms with Crippen molar-refractivity contribution in [3.8, 4) is 11.8 Å². The summed E-state index contributed by atoms with van der Waals surface area (Å²) in [6, 6.07) is 18.5. The summed E-state index contributed by atoms with van der Waals surface area (Å²) in [5.74, 6) is 6.38. The van der Waals surface area contributed by atoms with Crippen LogP contribution < -0.4 is 0 Å². The zero-order chi connectivity index (χ0) is 15.2. The molecule has 0 aliphatic carbocycles. The van der Waals surface area contributed by atoms with Crippen molar-refractivity contribution in [3.63, 3.8) is 0 Å². The van der Waals surface area contributed by atoms with E-state index in [1.165, 1.54) is 5.56 Å². The Kier molecular flexibility index (Phi) is 4.90. The maximum atomic E-state index is 9.54. The molecule has 2 aromatic rings. The predicted octanol–water partition coefficient (Wildman–Crippen LogP) is 3.04. The second kappa shape index (κ2) is 7.26. The summed E-state index contributed by atoms with van der Waals surface area (Å²) in [7, 11) is 0. The highest BCUT2D eigenvalue weighted by atomic mass is 16.3. The Balaban J connectivity index is 1.60. The van der Waals surface area contributed by atoms with E-state index in [0.29, 0.717) is 0 Å². The van der Waals surface area contributed by atoms with Crippen molar-refractivity contribution in [2.75, 3.05) is 13.1 Å². The molecule has 1 saturated heterocycles. The van der Waals surface area contributed by atoms with Gasteiger partial charge in [0, 0.05) is 30.8 Å². The van der Waals surface area contributed by atoms with Crippen LogP contribution in [0.4, 0.5) is 0 Å². The van der Waals surface area contributed by atoms with Gasteiger partial charge in [-0.15, -0.1) is 0 Å². The summed E-state index contributed by atoms with van der Waals surface area (Å²) in [4.78, 5) is 2.40. The van der Waals surface area contributed by atoms with Gasteiger partial charge in [-0.2, -0.15) is 0 Å². The third-order valence-corrected chi connectivity index (χ3v) is 4.04. The van der Waals surface area contributed by atoms with Gasteiger partial charge in [0.25, 0.3) is 0 Å². The molecule has 0 spiro atoms. The lowest BCUT2D eigenvalue weighted by atomic mass is 10.1. The van der Waals surface area contributed by atoms with Crippen molar-refractivity contribution in [2.24, 2.45) is 0 Å². The fourth-order valence-electron chi connectivity index (χ4n) is 2.69. The van der Waals surface area contributed by atoms with Gasteiger partial charge in [0.15, 0.2) is 0 Å². The lowest BCUT2D eigenvalue weighted by Gasteiger charge is -2.29.